The molecule has 276 valence electrons. The molecule has 0 bridgehead atoms. The van der Waals surface area contributed by atoms with E-state index in [0.717, 1.165) is 12.4 Å². The summed E-state index contributed by atoms with van der Waals surface area (Å²) in [6.07, 6.45) is 0. The Hall–Kier alpha value is -0.485. The van der Waals surface area contributed by atoms with Gasteiger partial charge in [-0.05, 0) is 0 Å². The molecular weight excluding hydrogens is 979 g/mol. The van der Waals surface area contributed by atoms with Crippen LogP contribution in [-0.4, -0.2) is 83.6 Å². The molecule has 0 spiro atoms. The van der Waals surface area contributed by atoms with Gasteiger partial charge in [-0.2, -0.15) is 79.0 Å². The van der Waals surface area contributed by atoms with Gasteiger partial charge in [-0.1, -0.05) is 0 Å². The van der Waals surface area contributed by atoms with Crippen LogP contribution in [0.2, 0.25) is 0 Å². The summed E-state index contributed by atoms with van der Waals surface area (Å²) in [5.74, 6) is 0. The Morgan fingerprint density at radius 1 is 0.239 bits per heavy atom. The second-order valence-electron chi connectivity index (χ2n) is 5.75. The molecule has 0 N–H and O–H groups in total. The fourth-order valence-electron chi connectivity index (χ4n) is 0.641. The van der Waals surface area contributed by atoms with Gasteiger partial charge in [0, 0.05) is 0 Å². The summed E-state index contributed by atoms with van der Waals surface area (Å²) < 4.78 is 328. The number of rotatable bonds is 6. The number of alkyl halides is 18. The first-order valence-electron chi connectivity index (χ1n) is 7.72. The summed E-state index contributed by atoms with van der Waals surface area (Å²) in [5, 5.41) is 0. The van der Waals surface area contributed by atoms with Crippen LogP contribution in [0.1, 0.15) is 0 Å². The summed E-state index contributed by atoms with van der Waals surface area (Å²) >= 11 is 0. The summed E-state index contributed by atoms with van der Waals surface area (Å²) in [4.78, 5) is 0. The molecule has 15 nitrogen and oxygen atoms in total. The number of sulfonamides is 6. The molecular formula is C6F18LaN3O12S6. The largest absolute Gasteiger partial charge is 3.00 e. The van der Waals surface area contributed by atoms with Gasteiger partial charge in [0.05, 0.1) is 0 Å². The first-order chi connectivity index (χ1) is 18.6. The van der Waals surface area contributed by atoms with Crippen LogP contribution in [0, 0.1) is 35.6 Å². The van der Waals surface area contributed by atoms with Crippen molar-refractivity contribution in [2.45, 2.75) is 33.0 Å². The molecule has 0 saturated carbocycles. The van der Waals surface area contributed by atoms with Gasteiger partial charge in [0.2, 0.25) is 0 Å². The van der Waals surface area contributed by atoms with Gasteiger partial charge >= 0.3 is 68.6 Å². The maximum Gasteiger partial charge on any atom is 3.00 e. The Labute approximate surface area is 269 Å². The average molecular weight is 979 g/mol. The van der Waals surface area contributed by atoms with Crippen molar-refractivity contribution >= 4 is 60.1 Å². The summed E-state index contributed by atoms with van der Waals surface area (Å²) in [5.41, 5.74) is -37.2. The van der Waals surface area contributed by atoms with E-state index in [9.17, 15) is 130 Å². The first kappa shape index (κ1) is 52.3. The van der Waals surface area contributed by atoms with E-state index in [1.165, 1.54) is 0 Å². The molecule has 0 saturated heterocycles. The van der Waals surface area contributed by atoms with E-state index < -0.39 is 93.2 Å². The second kappa shape index (κ2) is 15.2. The summed E-state index contributed by atoms with van der Waals surface area (Å²) in [7, 11) is -40.3. The van der Waals surface area contributed by atoms with Gasteiger partial charge in [0.1, 0.15) is 0 Å². The summed E-state index contributed by atoms with van der Waals surface area (Å²) in [6.45, 7) is 0. The van der Waals surface area contributed by atoms with E-state index in [4.69, 9.17) is 0 Å². The van der Waals surface area contributed by atoms with Crippen molar-refractivity contribution in [3.05, 3.63) is 12.4 Å². The molecule has 0 aliphatic heterocycles. The normalized spacial score (nSPS) is 15.0. The Kier molecular flexibility index (Phi) is 17.3. The van der Waals surface area contributed by atoms with E-state index in [1.54, 1.807) is 0 Å². The predicted molar refractivity (Wildman–Crippen MR) is 99.9 cm³/mol. The van der Waals surface area contributed by atoms with Gasteiger partial charge in [-0.3, -0.25) is 0 Å². The molecule has 0 fully saturated rings. The first-order valence-corrected chi connectivity index (χ1v) is 16.4. The molecule has 46 heavy (non-hydrogen) atoms. The van der Waals surface area contributed by atoms with Gasteiger partial charge < -0.3 is 12.4 Å². The van der Waals surface area contributed by atoms with Gasteiger partial charge in [0.15, 0.2) is 60.1 Å². The molecule has 0 unspecified atom stereocenters. The Balaban J connectivity index is -0.000000285. The van der Waals surface area contributed by atoms with Crippen LogP contribution < -0.4 is 0 Å². The maximum absolute atomic E-state index is 11.4. The minimum absolute atomic E-state index is 0. The molecule has 0 aliphatic rings. The molecule has 40 heteroatoms. The second-order valence-corrected chi connectivity index (χ2v) is 16.0. The van der Waals surface area contributed by atoms with Crippen molar-refractivity contribution in [2.24, 2.45) is 0 Å². The molecule has 0 aromatic rings. The fourth-order valence-corrected chi connectivity index (χ4v) is 5.77. The number of halogens is 18. The van der Waals surface area contributed by atoms with Crippen LogP contribution in [0.25, 0.3) is 12.4 Å². The van der Waals surface area contributed by atoms with E-state index in [0.29, 0.717) is 0 Å². The molecule has 0 aromatic carbocycles. The van der Waals surface area contributed by atoms with Gasteiger partial charge in [0.25, 0.3) is 0 Å². The number of hydrogen-bond acceptors (Lipinski definition) is 12. The minimum atomic E-state index is -6.72. The molecule has 0 heterocycles. The predicted octanol–water partition coefficient (Wildman–Crippen LogP) is 3.18. The quantitative estimate of drug-likeness (QED) is 0.349. The number of hydrogen-bond donors (Lipinski definition) is 0. The van der Waals surface area contributed by atoms with E-state index in [2.05, 4.69) is 0 Å². The molecule has 0 aliphatic carbocycles. The van der Waals surface area contributed by atoms with Crippen molar-refractivity contribution < 1.29 is 165 Å². The van der Waals surface area contributed by atoms with Crippen LogP contribution in [-0.2, 0) is 60.1 Å². The Morgan fingerprint density at radius 3 is 0.348 bits per heavy atom. The Bertz CT molecular complexity index is 1370. The van der Waals surface area contributed by atoms with Crippen molar-refractivity contribution in [2.75, 3.05) is 0 Å². The van der Waals surface area contributed by atoms with Crippen LogP contribution in [0.4, 0.5) is 79.0 Å². The third-order valence-electron chi connectivity index (χ3n) is 2.34. The zero-order valence-corrected chi connectivity index (χ0v) is 27.6. The van der Waals surface area contributed by atoms with Crippen molar-refractivity contribution in [3.8, 4) is 0 Å². The third-order valence-corrected chi connectivity index (χ3v) is 10.6. The molecule has 0 atom stereocenters. The smallest absolute Gasteiger partial charge is 0.421 e. The molecule has 0 amide bonds. The zero-order valence-electron chi connectivity index (χ0n) is 19.1. The van der Waals surface area contributed by atoms with Crippen LogP contribution in [0.5, 0.6) is 0 Å². The average Bonchev–Trinajstić information content (AvgIpc) is 2.61. The van der Waals surface area contributed by atoms with Crippen LogP contribution in [0.3, 0.4) is 0 Å². The summed E-state index contributed by atoms with van der Waals surface area (Å²) in [6, 6.07) is 0. The monoisotopic (exact) mass is 979 g/mol. The van der Waals surface area contributed by atoms with Gasteiger partial charge in [-0.25, -0.2) is 50.5 Å². The van der Waals surface area contributed by atoms with E-state index in [1.807, 2.05) is 0 Å². The maximum atomic E-state index is 11.4. The molecule has 0 rings (SSSR count). The number of nitrogens with zero attached hydrogens (tertiary/aromatic N) is 3. The zero-order chi connectivity index (χ0) is 38.1. The minimum Gasteiger partial charge on any atom is -0.421 e. The van der Waals surface area contributed by atoms with E-state index in [-0.39, 0.29) is 35.6 Å². The van der Waals surface area contributed by atoms with Crippen LogP contribution in [0.15, 0.2) is 0 Å². The van der Waals surface area contributed by atoms with Crippen molar-refractivity contribution in [1.29, 1.82) is 0 Å². The van der Waals surface area contributed by atoms with Crippen molar-refractivity contribution in [3.63, 3.8) is 0 Å². The van der Waals surface area contributed by atoms with E-state index >= 15 is 0 Å². The van der Waals surface area contributed by atoms with Gasteiger partial charge in [-0.15, -0.1) is 0 Å². The molecule has 0 radical (unpaired) electrons. The standard InChI is InChI=1S/3C2F6NO4S2.La/c3*3-1(4,5)14(10,11)9-15(12,13)2(6,7)8;/q3*-1;+3. The van der Waals surface area contributed by atoms with Crippen molar-refractivity contribution in [1.82, 2.24) is 0 Å². The third kappa shape index (κ3) is 15.4. The fraction of sp³-hybridized carbons (Fsp3) is 1.00. The van der Waals surface area contributed by atoms with Crippen LogP contribution >= 0.6 is 0 Å². The molecule has 0 aromatic heterocycles. The topological polar surface area (TPSA) is 247 Å². The Morgan fingerprint density at radius 2 is 0.304 bits per heavy atom. The SMILES string of the molecule is O=S(=O)([N-]S(=O)(=O)C(F)(F)F)C(F)(F)F.O=S(=O)([N-]S(=O)(=O)C(F)(F)F)C(F)(F)F.O=S(=O)([N-]S(=O)(=O)C(F)(F)F)C(F)(F)F.[La+3].